The van der Waals surface area contributed by atoms with Gasteiger partial charge in [0, 0.05) is 6.42 Å². The zero-order valence-electron chi connectivity index (χ0n) is 9.22. The molecule has 3 nitrogen and oxygen atoms in total. The molecular formula is C10H8Cl2F3N3. The Bertz CT molecular complexity index is 592. The number of pyridine rings is 1. The number of hydrogen-bond acceptors (Lipinski definition) is 2. The second-order valence-electron chi connectivity index (χ2n) is 3.71. The van der Waals surface area contributed by atoms with Crippen molar-refractivity contribution in [1.82, 2.24) is 14.6 Å². The lowest BCUT2D eigenvalue weighted by Gasteiger charge is -2.09. The van der Waals surface area contributed by atoms with Crippen LogP contribution in [0.5, 0.6) is 0 Å². The predicted molar refractivity (Wildman–Crippen MR) is 62.0 cm³/mol. The third-order valence-electron chi connectivity index (χ3n) is 2.32. The predicted octanol–water partition coefficient (Wildman–Crippen LogP) is 4.01. The SMILES string of the molecule is CCCc1nc2c(Cl)cc(C(F)(F)F)c(Cl)n2n1. The van der Waals surface area contributed by atoms with Gasteiger partial charge in [-0.3, -0.25) is 0 Å². The molecular weight excluding hydrogens is 290 g/mol. The molecule has 0 aliphatic rings. The fraction of sp³-hybridized carbons (Fsp3) is 0.400. The van der Waals surface area contributed by atoms with Gasteiger partial charge in [-0.1, -0.05) is 30.1 Å². The van der Waals surface area contributed by atoms with Crippen LogP contribution in [0.25, 0.3) is 5.65 Å². The summed E-state index contributed by atoms with van der Waals surface area (Å²) in [5.74, 6) is 0.417. The summed E-state index contributed by atoms with van der Waals surface area (Å²) >= 11 is 11.5. The summed E-state index contributed by atoms with van der Waals surface area (Å²) in [6.07, 6.45) is -3.25. The molecule has 98 valence electrons. The average molecular weight is 298 g/mol. The van der Waals surface area contributed by atoms with Crippen LogP contribution in [-0.2, 0) is 12.6 Å². The minimum Gasteiger partial charge on any atom is -0.210 e. The first-order valence-electron chi connectivity index (χ1n) is 5.15. The summed E-state index contributed by atoms with van der Waals surface area (Å²) in [5, 5.41) is 3.27. The molecule has 18 heavy (non-hydrogen) atoms. The second-order valence-corrected chi connectivity index (χ2v) is 4.47. The molecule has 0 spiro atoms. The van der Waals surface area contributed by atoms with E-state index in [2.05, 4.69) is 10.1 Å². The molecule has 2 aromatic rings. The van der Waals surface area contributed by atoms with Gasteiger partial charge in [0.05, 0.1) is 10.6 Å². The molecule has 2 aromatic heterocycles. The van der Waals surface area contributed by atoms with E-state index in [9.17, 15) is 13.2 Å². The van der Waals surface area contributed by atoms with Crippen LogP contribution in [0.4, 0.5) is 13.2 Å². The average Bonchev–Trinajstić information content (AvgIpc) is 2.67. The van der Waals surface area contributed by atoms with Gasteiger partial charge in [0.2, 0.25) is 0 Å². The third-order valence-corrected chi connectivity index (χ3v) is 2.96. The van der Waals surface area contributed by atoms with Crippen molar-refractivity contribution in [1.29, 1.82) is 0 Å². The van der Waals surface area contributed by atoms with Gasteiger partial charge in [0.25, 0.3) is 0 Å². The molecule has 0 atom stereocenters. The molecule has 0 aliphatic carbocycles. The Morgan fingerprint density at radius 3 is 2.56 bits per heavy atom. The van der Waals surface area contributed by atoms with Crippen molar-refractivity contribution in [3.8, 4) is 0 Å². The number of nitrogens with zero attached hydrogens (tertiary/aromatic N) is 3. The quantitative estimate of drug-likeness (QED) is 0.784. The molecule has 0 N–H and O–H groups in total. The number of hydrogen-bond donors (Lipinski definition) is 0. The summed E-state index contributed by atoms with van der Waals surface area (Å²) < 4.78 is 39.0. The smallest absolute Gasteiger partial charge is 0.210 e. The zero-order chi connectivity index (χ0) is 13.5. The van der Waals surface area contributed by atoms with E-state index < -0.39 is 16.9 Å². The van der Waals surface area contributed by atoms with E-state index in [0.717, 1.165) is 17.0 Å². The lowest BCUT2D eigenvalue weighted by atomic mass is 10.3. The topological polar surface area (TPSA) is 30.2 Å². The number of rotatable bonds is 2. The van der Waals surface area contributed by atoms with Crippen molar-refractivity contribution in [3.63, 3.8) is 0 Å². The summed E-state index contributed by atoms with van der Waals surface area (Å²) in [6, 6.07) is 0.767. The molecule has 8 heteroatoms. The first-order valence-corrected chi connectivity index (χ1v) is 5.91. The zero-order valence-corrected chi connectivity index (χ0v) is 10.7. The molecule has 0 amide bonds. The number of aryl methyl sites for hydroxylation is 1. The minimum absolute atomic E-state index is 0.124. The standard InChI is InChI=1S/C10H8Cl2F3N3/c1-2-3-7-16-9-6(11)4-5(10(13,14)15)8(12)18(9)17-7/h4H,2-3H2,1H3. The Morgan fingerprint density at radius 1 is 1.33 bits per heavy atom. The van der Waals surface area contributed by atoms with E-state index >= 15 is 0 Å². The van der Waals surface area contributed by atoms with E-state index in [1.165, 1.54) is 0 Å². The monoisotopic (exact) mass is 297 g/mol. The molecule has 0 aliphatic heterocycles. The Labute approximate surface area is 111 Å². The van der Waals surface area contributed by atoms with Crippen molar-refractivity contribution in [2.75, 3.05) is 0 Å². The number of halogens is 5. The Kier molecular flexibility index (Phi) is 3.42. The van der Waals surface area contributed by atoms with Gasteiger partial charge in [-0.25, -0.2) is 4.98 Å². The van der Waals surface area contributed by atoms with Crippen molar-refractivity contribution in [2.45, 2.75) is 25.9 Å². The highest BCUT2D eigenvalue weighted by molar-refractivity contribution is 6.35. The fourth-order valence-corrected chi connectivity index (χ4v) is 2.05. The van der Waals surface area contributed by atoms with Crippen molar-refractivity contribution in [2.24, 2.45) is 0 Å². The molecule has 0 unspecified atom stereocenters. The van der Waals surface area contributed by atoms with Crippen molar-refractivity contribution >= 4 is 28.8 Å². The molecule has 0 saturated carbocycles. The van der Waals surface area contributed by atoms with Crippen molar-refractivity contribution < 1.29 is 13.2 Å². The fourth-order valence-electron chi connectivity index (χ4n) is 1.54. The van der Waals surface area contributed by atoms with E-state index in [-0.39, 0.29) is 10.7 Å². The Morgan fingerprint density at radius 2 is 2.00 bits per heavy atom. The van der Waals surface area contributed by atoms with E-state index in [0.29, 0.717) is 12.2 Å². The first-order chi connectivity index (χ1) is 8.34. The molecule has 0 bridgehead atoms. The molecule has 2 heterocycles. The van der Waals surface area contributed by atoms with Gasteiger partial charge in [-0.2, -0.15) is 17.7 Å². The first kappa shape index (κ1) is 13.4. The van der Waals surface area contributed by atoms with Gasteiger partial charge in [-0.05, 0) is 12.5 Å². The van der Waals surface area contributed by atoms with E-state index in [1.54, 1.807) is 0 Å². The van der Waals surface area contributed by atoms with Crippen LogP contribution in [0.2, 0.25) is 10.2 Å². The maximum absolute atomic E-state index is 12.7. The van der Waals surface area contributed by atoms with Gasteiger partial charge < -0.3 is 0 Å². The number of fused-ring (bicyclic) bond motifs is 1. The minimum atomic E-state index is -4.58. The Hall–Kier alpha value is -1.01. The molecule has 0 saturated heterocycles. The highest BCUT2D eigenvalue weighted by Gasteiger charge is 2.35. The van der Waals surface area contributed by atoms with Crippen LogP contribution >= 0.6 is 23.2 Å². The molecule has 0 fully saturated rings. The van der Waals surface area contributed by atoms with Crippen LogP contribution in [0, 0.1) is 0 Å². The lowest BCUT2D eigenvalue weighted by Crippen LogP contribution is -2.09. The molecule has 0 aromatic carbocycles. The maximum atomic E-state index is 12.7. The van der Waals surface area contributed by atoms with E-state index in [1.807, 2.05) is 6.92 Å². The lowest BCUT2D eigenvalue weighted by molar-refractivity contribution is -0.137. The van der Waals surface area contributed by atoms with Crippen LogP contribution in [0.15, 0.2) is 6.07 Å². The molecule has 0 radical (unpaired) electrons. The van der Waals surface area contributed by atoms with Gasteiger partial charge >= 0.3 is 6.18 Å². The largest absolute Gasteiger partial charge is 0.419 e. The number of alkyl halides is 3. The number of aromatic nitrogens is 3. The van der Waals surface area contributed by atoms with Crippen LogP contribution in [-0.4, -0.2) is 14.6 Å². The van der Waals surface area contributed by atoms with Crippen LogP contribution in [0.1, 0.15) is 24.7 Å². The highest BCUT2D eigenvalue weighted by Crippen LogP contribution is 2.37. The van der Waals surface area contributed by atoms with Crippen LogP contribution < -0.4 is 0 Å². The third kappa shape index (κ3) is 2.27. The second kappa shape index (κ2) is 4.59. The summed E-state index contributed by atoms with van der Waals surface area (Å²) in [4.78, 5) is 4.05. The maximum Gasteiger partial charge on any atom is 0.419 e. The van der Waals surface area contributed by atoms with E-state index in [4.69, 9.17) is 23.2 Å². The molecule has 2 rings (SSSR count). The highest BCUT2D eigenvalue weighted by atomic mass is 35.5. The van der Waals surface area contributed by atoms with Gasteiger partial charge in [0.1, 0.15) is 5.15 Å². The normalized spacial score (nSPS) is 12.3. The summed E-state index contributed by atoms with van der Waals surface area (Å²) in [7, 11) is 0. The Balaban J connectivity index is 2.70. The van der Waals surface area contributed by atoms with Gasteiger partial charge in [0.15, 0.2) is 11.5 Å². The summed E-state index contributed by atoms with van der Waals surface area (Å²) in [6.45, 7) is 1.91. The summed E-state index contributed by atoms with van der Waals surface area (Å²) in [5.41, 5.74) is -0.882. The van der Waals surface area contributed by atoms with Crippen LogP contribution in [0.3, 0.4) is 0 Å². The van der Waals surface area contributed by atoms with Crippen molar-refractivity contribution in [3.05, 3.63) is 27.6 Å². The van der Waals surface area contributed by atoms with Gasteiger partial charge in [-0.15, -0.1) is 5.10 Å².